The number of phenolic OH excluding ortho intramolecular Hbond substituents is 1. The zero-order chi connectivity index (χ0) is 13.8. The summed E-state index contributed by atoms with van der Waals surface area (Å²) in [5, 5.41) is 9.36. The molecular formula is C17H18O2. The van der Waals surface area contributed by atoms with Crippen molar-refractivity contribution in [3.8, 4) is 16.9 Å². The van der Waals surface area contributed by atoms with Crippen molar-refractivity contribution in [3.63, 3.8) is 0 Å². The summed E-state index contributed by atoms with van der Waals surface area (Å²) in [7, 11) is 0. The zero-order valence-electron chi connectivity index (χ0n) is 11.3. The third-order valence-corrected chi connectivity index (χ3v) is 3.48. The first-order valence-electron chi connectivity index (χ1n) is 6.60. The molecule has 0 fully saturated rings. The quantitative estimate of drug-likeness (QED) is 0.837. The first-order valence-corrected chi connectivity index (χ1v) is 6.60. The second-order valence-corrected chi connectivity index (χ2v) is 4.54. The van der Waals surface area contributed by atoms with Crippen LogP contribution in [0, 0.1) is 0 Å². The van der Waals surface area contributed by atoms with E-state index >= 15 is 0 Å². The van der Waals surface area contributed by atoms with Gasteiger partial charge in [0.05, 0.1) is 0 Å². The summed E-state index contributed by atoms with van der Waals surface area (Å²) in [5.41, 5.74) is 5.09. The van der Waals surface area contributed by atoms with Gasteiger partial charge in [-0.25, -0.2) is 0 Å². The molecule has 0 aliphatic rings. The second kappa shape index (κ2) is 5.70. The number of hydrogen-bond donors (Lipinski definition) is 1. The minimum absolute atomic E-state index is 0.252. The van der Waals surface area contributed by atoms with E-state index in [0.717, 1.165) is 46.9 Å². The summed E-state index contributed by atoms with van der Waals surface area (Å²) >= 11 is 0. The van der Waals surface area contributed by atoms with Gasteiger partial charge < -0.3 is 5.11 Å². The molecule has 0 saturated carbocycles. The van der Waals surface area contributed by atoms with Crippen LogP contribution in [0.15, 0.2) is 36.4 Å². The number of aromatic hydroxyl groups is 1. The van der Waals surface area contributed by atoms with Gasteiger partial charge in [-0.1, -0.05) is 38.1 Å². The van der Waals surface area contributed by atoms with E-state index in [4.69, 9.17) is 0 Å². The SMILES string of the molecule is CCc1ccc(-c2ccc(O)cc2)c(CC)c1C=O. The van der Waals surface area contributed by atoms with Crippen LogP contribution >= 0.6 is 0 Å². The molecule has 0 unspecified atom stereocenters. The Morgan fingerprint density at radius 1 is 1.00 bits per heavy atom. The van der Waals surface area contributed by atoms with Gasteiger partial charge >= 0.3 is 0 Å². The van der Waals surface area contributed by atoms with Crippen LogP contribution in [0.25, 0.3) is 11.1 Å². The molecule has 0 aliphatic heterocycles. The number of phenols is 1. The standard InChI is InChI=1S/C17H18O2/c1-3-12-7-10-16(15(4-2)17(12)11-18)13-5-8-14(19)9-6-13/h5-11,19H,3-4H2,1-2H3. The van der Waals surface area contributed by atoms with Crippen molar-refractivity contribution in [3.05, 3.63) is 53.1 Å². The number of rotatable bonds is 4. The number of benzene rings is 2. The van der Waals surface area contributed by atoms with E-state index in [-0.39, 0.29) is 5.75 Å². The van der Waals surface area contributed by atoms with E-state index < -0.39 is 0 Å². The topological polar surface area (TPSA) is 37.3 Å². The van der Waals surface area contributed by atoms with Gasteiger partial charge in [-0.3, -0.25) is 4.79 Å². The Kier molecular flexibility index (Phi) is 4.00. The van der Waals surface area contributed by atoms with Gasteiger partial charge in [-0.2, -0.15) is 0 Å². The molecule has 0 amide bonds. The average Bonchev–Trinajstić information content (AvgIpc) is 2.46. The number of carbonyl (C=O) groups excluding carboxylic acids is 1. The summed E-state index contributed by atoms with van der Waals surface area (Å²) in [6.45, 7) is 4.12. The van der Waals surface area contributed by atoms with Crippen LogP contribution in [-0.4, -0.2) is 11.4 Å². The monoisotopic (exact) mass is 254 g/mol. The summed E-state index contributed by atoms with van der Waals surface area (Å²) in [6.07, 6.45) is 2.64. The molecule has 0 aliphatic carbocycles. The van der Waals surface area contributed by atoms with Crippen LogP contribution in [0.5, 0.6) is 5.75 Å². The maximum atomic E-state index is 11.4. The van der Waals surface area contributed by atoms with Gasteiger partial charge in [-0.15, -0.1) is 0 Å². The molecule has 2 aromatic carbocycles. The van der Waals surface area contributed by atoms with E-state index in [0.29, 0.717) is 0 Å². The molecule has 0 atom stereocenters. The van der Waals surface area contributed by atoms with Gasteiger partial charge in [0, 0.05) is 5.56 Å². The Morgan fingerprint density at radius 3 is 2.21 bits per heavy atom. The fourth-order valence-corrected chi connectivity index (χ4v) is 2.46. The molecule has 0 spiro atoms. The van der Waals surface area contributed by atoms with Crippen molar-refractivity contribution in [1.29, 1.82) is 0 Å². The molecule has 2 heteroatoms. The third kappa shape index (κ3) is 2.53. The zero-order valence-corrected chi connectivity index (χ0v) is 11.3. The maximum absolute atomic E-state index is 11.4. The summed E-state index contributed by atoms with van der Waals surface area (Å²) in [5.74, 6) is 0.252. The van der Waals surface area contributed by atoms with E-state index in [1.165, 1.54) is 0 Å². The lowest BCUT2D eigenvalue weighted by Crippen LogP contribution is -2.00. The first-order chi connectivity index (χ1) is 9.21. The largest absolute Gasteiger partial charge is 0.508 e. The fourth-order valence-electron chi connectivity index (χ4n) is 2.46. The highest BCUT2D eigenvalue weighted by Gasteiger charge is 2.11. The minimum atomic E-state index is 0.252. The minimum Gasteiger partial charge on any atom is -0.508 e. The van der Waals surface area contributed by atoms with Gasteiger partial charge in [0.2, 0.25) is 0 Å². The molecule has 2 nitrogen and oxygen atoms in total. The maximum Gasteiger partial charge on any atom is 0.150 e. The molecular weight excluding hydrogens is 236 g/mol. The van der Waals surface area contributed by atoms with Crippen molar-refractivity contribution in [2.24, 2.45) is 0 Å². The van der Waals surface area contributed by atoms with Crippen molar-refractivity contribution in [2.75, 3.05) is 0 Å². The summed E-state index contributed by atoms with van der Waals surface area (Å²) < 4.78 is 0. The number of aryl methyl sites for hydroxylation is 1. The lowest BCUT2D eigenvalue weighted by molar-refractivity contribution is 0.112. The van der Waals surface area contributed by atoms with E-state index in [9.17, 15) is 9.90 Å². The molecule has 0 bridgehead atoms. The Hall–Kier alpha value is -2.09. The van der Waals surface area contributed by atoms with Crippen LogP contribution in [0.2, 0.25) is 0 Å². The van der Waals surface area contributed by atoms with E-state index in [1.807, 2.05) is 18.2 Å². The van der Waals surface area contributed by atoms with Crippen LogP contribution < -0.4 is 0 Å². The molecule has 19 heavy (non-hydrogen) atoms. The molecule has 0 radical (unpaired) electrons. The highest BCUT2D eigenvalue weighted by atomic mass is 16.3. The lowest BCUT2D eigenvalue weighted by Gasteiger charge is -2.14. The van der Waals surface area contributed by atoms with Crippen molar-refractivity contribution in [1.82, 2.24) is 0 Å². The van der Waals surface area contributed by atoms with Crippen molar-refractivity contribution in [2.45, 2.75) is 26.7 Å². The molecule has 98 valence electrons. The molecule has 2 aromatic rings. The number of carbonyl (C=O) groups is 1. The Bertz CT molecular complexity index is 583. The van der Waals surface area contributed by atoms with Crippen molar-refractivity contribution < 1.29 is 9.90 Å². The van der Waals surface area contributed by atoms with Crippen LogP contribution in [0.1, 0.15) is 35.3 Å². The Labute approximate surface area is 113 Å². The normalized spacial score (nSPS) is 10.4. The predicted octanol–water partition coefficient (Wildman–Crippen LogP) is 4.00. The predicted molar refractivity (Wildman–Crippen MR) is 77.7 cm³/mol. The van der Waals surface area contributed by atoms with Gasteiger partial charge in [0.1, 0.15) is 5.75 Å². The molecule has 0 heterocycles. The number of hydrogen-bond acceptors (Lipinski definition) is 2. The van der Waals surface area contributed by atoms with E-state index in [2.05, 4.69) is 19.9 Å². The van der Waals surface area contributed by atoms with Gasteiger partial charge in [0.25, 0.3) is 0 Å². The Morgan fingerprint density at radius 2 is 1.68 bits per heavy atom. The highest BCUT2D eigenvalue weighted by molar-refractivity contribution is 5.85. The van der Waals surface area contributed by atoms with Crippen LogP contribution in [-0.2, 0) is 12.8 Å². The van der Waals surface area contributed by atoms with E-state index in [1.54, 1.807) is 12.1 Å². The van der Waals surface area contributed by atoms with Gasteiger partial charge in [0.15, 0.2) is 6.29 Å². The third-order valence-electron chi connectivity index (χ3n) is 3.48. The Balaban J connectivity index is 2.63. The van der Waals surface area contributed by atoms with Crippen LogP contribution in [0.3, 0.4) is 0 Å². The smallest absolute Gasteiger partial charge is 0.150 e. The van der Waals surface area contributed by atoms with Crippen LogP contribution in [0.4, 0.5) is 0 Å². The molecule has 0 saturated heterocycles. The molecule has 1 N–H and O–H groups in total. The lowest BCUT2D eigenvalue weighted by atomic mass is 9.90. The van der Waals surface area contributed by atoms with Gasteiger partial charge in [-0.05, 0) is 47.2 Å². The highest BCUT2D eigenvalue weighted by Crippen LogP contribution is 2.29. The second-order valence-electron chi connectivity index (χ2n) is 4.54. The average molecular weight is 254 g/mol. The molecule has 2 rings (SSSR count). The summed E-state index contributed by atoms with van der Waals surface area (Å²) in [6, 6.07) is 11.2. The fraction of sp³-hybridized carbons (Fsp3) is 0.235. The van der Waals surface area contributed by atoms with Crippen molar-refractivity contribution >= 4 is 6.29 Å². The number of aldehydes is 1. The molecule has 0 aromatic heterocycles. The first kappa shape index (κ1) is 13.3. The summed E-state index contributed by atoms with van der Waals surface area (Å²) in [4.78, 5) is 11.4.